The molecule has 0 fully saturated rings. The van der Waals surface area contributed by atoms with Crippen molar-refractivity contribution in [2.24, 2.45) is 0 Å². The van der Waals surface area contributed by atoms with Gasteiger partial charge < -0.3 is 5.32 Å². The van der Waals surface area contributed by atoms with E-state index >= 15 is 0 Å². The second-order valence-corrected chi connectivity index (χ2v) is 8.14. The van der Waals surface area contributed by atoms with Gasteiger partial charge in [-0.3, -0.25) is 14.2 Å². The van der Waals surface area contributed by atoms with Crippen LogP contribution in [-0.4, -0.2) is 15.5 Å². The molecule has 1 amide bonds. The Morgan fingerprint density at radius 2 is 1.90 bits per heavy atom. The number of aromatic nitrogens is 2. The summed E-state index contributed by atoms with van der Waals surface area (Å²) in [6.07, 6.45) is 1.37. The van der Waals surface area contributed by atoms with Crippen LogP contribution in [0.25, 0.3) is 10.9 Å². The van der Waals surface area contributed by atoms with Gasteiger partial charge in [0.1, 0.15) is 12.4 Å². The number of carbonyl (C=O) groups excluding carboxylic acids is 1. The summed E-state index contributed by atoms with van der Waals surface area (Å²) in [6, 6.07) is 18.5. The van der Waals surface area contributed by atoms with Gasteiger partial charge in [0.25, 0.3) is 5.56 Å². The van der Waals surface area contributed by atoms with E-state index in [2.05, 4.69) is 26.2 Å². The third-order valence-corrected chi connectivity index (χ3v) is 5.57. The molecule has 0 saturated carbocycles. The van der Waals surface area contributed by atoms with E-state index in [1.165, 1.54) is 17.0 Å². The summed E-state index contributed by atoms with van der Waals surface area (Å²) in [5, 5.41) is 3.32. The Balaban J connectivity index is 1.65. The molecule has 0 saturated heterocycles. The molecular weight excluding hydrogens is 461 g/mol. The van der Waals surface area contributed by atoms with Crippen LogP contribution in [0.3, 0.4) is 0 Å². The predicted octanol–water partition coefficient (Wildman–Crippen LogP) is 4.51. The molecule has 1 heterocycles. The van der Waals surface area contributed by atoms with Gasteiger partial charge in [-0.1, -0.05) is 64.5 Å². The molecule has 5 nitrogen and oxygen atoms in total. The maximum atomic E-state index is 14.7. The van der Waals surface area contributed by atoms with E-state index in [0.29, 0.717) is 20.9 Å². The summed E-state index contributed by atoms with van der Waals surface area (Å²) < 4.78 is 16.6. The van der Waals surface area contributed by atoms with Gasteiger partial charge in [0.2, 0.25) is 5.91 Å². The Bertz CT molecular complexity index is 1320. The van der Waals surface area contributed by atoms with Crippen LogP contribution in [0.4, 0.5) is 4.39 Å². The van der Waals surface area contributed by atoms with Gasteiger partial charge in [0, 0.05) is 10.0 Å². The zero-order valence-corrected chi connectivity index (χ0v) is 18.3. The summed E-state index contributed by atoms with van der Waals surface area (Å²) in [7, 11) is 0. The fraction of sp³-hybridized carbons (Fsp3) is 0.125. The lowest BCUT2D eigenvalue weighted by Gasteiger charge is -2.21. The monoisotopic (exact) mass is 479 g/mol. The molecule has 156 valence electrons. The average Bonchev–Trinajstić information content (AvgIpc) is 2.75. The molecule has 1 aromatic heterocycles. The molecule has 4 rings (SSSR count). The number of hydrogen-bond acceptors (Lipinski definition) is 3. The van der Waals surface area contributed by atoms with Crippen LogP contribution in [0.5, 0.6) is 0 Å². The number of halogens is 2. The van der Waals surface area contributed by atoms with Crippen LogP contribution >= 0.6 is 15.9 Å². The molecule has 0 aliphatic heterocycles. The molecule has 4 aromatic rings. The van der Waals surface area contributed by atoms with Crippen molar-refractivity contribution in [2.45, 2.75) is 19.5 Å². The van der Waals surface area contributed by atoms with Gasteiger partial charge in [-0.2, -0.15) is 0 Å². The van der Waals surface area contributed by atoms with Crippen LogP contribution in [-0.2, 0) is 11.3 Å². The average molecular weight is 480 g/mol. The van der Waals surface area contributed by atoms with Gasteiger partial charge in [0.15, 0.2) is 0 Å². The Morgan fingerprint density at radius 1 is 1.13 bits per heavy atom. The fourth-order valence-corrected chi connectivity index (χ4v) is 3.87. The quantitative estimate of drug-likeness (QED) is 0.457. The van der Waals surface area contributed by atoms with E-state index in [-0.39, 0.29) is 12.1 Å². The number of carbonyl (C=O) groups is 1. The zero-order valence-electron chi connectivity index (χ0n) is 16.7. The third kappa shape index (κ3) is 4.41. The number of para-hydroxylation sites is 1. The highest BCUT2D eigenvalue weighted by Crippen LogP contribution is 2.26. The Kier molecular flexibility index (Phi) is 5.95. The highest BCUT2D eigenvalue weighted by molar-refractivity contribution is 9.10. The largest absolute Gasteiger partial charge is 0.344 e. The summed E-state index contributed by atoms with van der Waals surface area (Å²) >= 11 is 3.26. The van der Waals surface area contributed by atoms with Crippen molar-refractivity contribution in [1.82, 2.24) is 14.9 Å². The van der Waals surface area contributed by atoms with Crippen molar-refractivity contribution >= 4 is 32.7 Å². The number of aryl methyl sites for hydroxylation is 1. The van der Waals surface area contributed by atoms with Crippen LogP contribution in [0.2, 0.25) is 0 Å². The van der Waals surface area contributed by atoms with Crippen LogP contribution in [0.15, 0.2) is 82.3 Å². The second kappa shape index (κ2) is 8.81. The Morgan fingerprint density at radius 3 is 2.65 bits per heavy atom. The number of nitrogens with one attached hydrogen (secondary N) is 1. The van der Waals surface area contributed by atoms with Crippen LogP contribution in [0, 0.1) is 12.7 Å². The first-order valence-electron chi connectivity index (χ1n) is 9.68. The minimum Gasteiger partial charge on any atom is -0.344 e. The minimum absolute atomic E-state index is 0.225. The molecule has 0 radical (unpaired) electrons. The SMILES string of the molecule is Cc1cccc2c(=O)n(CC(=O)NC(c3ccccc3)c3ccc(Br)cc3F)cnc12. The van der Waals surface area contributed by atoms with Crippen molar-refractivity contribution in [2.75, 3.05) is 0 Å². The molecular formula is C24H19BrFN3O2. The number of benzene rings is 3. The molecule has 0 bridgehead atoms. The maximum Gasteiger partial charge on any atom is 0.261 e. The second-order valence-electron chi connectivity index (χ2n) is 7.23. The zero-order chi connectivity index (χ0) is 22.0. The van der Waals surface area contributed by atoms with Gasteiger partial charge in [-0.25, -0.2) is 9.37 Å². The van der Waals surface area contributed by atoms with E-state index < -0.39 is 17.8 Å². The predicted molar refractivity (Wildman–Crippen MR) is 121 cm³/mol. The summed E-state index contributed by atoms with van der Waals surface area (Å²) in [5.41, 5.74) is 2.28. The molecule has 0 aliphatic rings. The smallest absolute Gasteiger partial charge is 0.261 e. The molecule has 0 aliphatic carbocycles. The third-order valence-electron chi connectivity index (χ3n) is 5.08. The Labute approximate surface area is 186 Å². The van der Waals surface area contributed by atoms with Crippen molar-refractivity contribution in [3.63, 3.8) is 0 Å². The number of hydrogen-bond donors (Lipinski definition) is 1. The lowest BCUT2D eigenvalue weighted by Crippen LogP contribution is -2.35. The minimum atomic E-state index is -0.701. The van der Waals surface area contributed by atoms with Gasteiger partial charge in [-0.05, 0) is 36.2 Å². The fourth-order valence-electron chi connectivity index (χ4n) is 3.53. The molecule has 0 spiro atoms. The van der Waals surface area contributed by atoms with Crippen molar-refractivity contribution < 1.29 is 9.18 Å². The summed E-state index contributed by atoms with van der Waals surface area (Å²) in [6.45, 7) is 1.65. The van der Waals surface area contributed by atoms with Gasteiger partial charge >= 0.3 is 0 Å². The first-order chi connectivity index (χ1) is 14.9. The molecule has 1 unspecified atom stereocenters. The lowest BCUT2D eigenvalue weighted by molar-refractivity contribution is -0.122. The van der Waals surface area contributed by atoms with E-state index in [9.17, 15) is 14.0 Å². The molecule has 3 aromatic carbocycles. The molecule has 31 heavy (non-hydrogen) atoms. The van der Waals surface area contributed by atoms with Crippen molar-refractivity contribution in [3.8, 4) is 0 Å². The summed E-state index contributed by atoms with van der Waals surface area (Å²) in [5.74, 6) is -0.865. The van der Waals surface area contributed by atoms with E-state index in [4.69, 9.17) is 0 Å². The summed E-state index contributed by atoms with van der Waals surface area (Å²) in [4.78, 5) is 30.0. The number of nitrogens with zero attached hydrogens (tertiary/aromatic N) is 2. The normalized spacial score (nSPS) is 12.0. The van der Waals surface area contributed by atoms with Crippen molar-refractivity contribution in [1.29, 1.82) is 0 Å². The maximum absolute atomic E-state index is 14.7. The number of fused-ring (bicyclic) bond motifs is 1. The van der Waals surface area contributed by atoms with E-state index in [1.54, 1.807) is 24.3 Å². The molecule has 7 heteroatoms. The molecule has 1 atom stereocenters. The van der Waals surface area contributed by atoms with Crippen LogP contribution in [0.1, 0.15) is 22.7 Å². The van der Waals surface area contributed by atoms with E-state index in [1.807, 2.05) is 43.3 Å². The first kappa shape index (κ1) is 20.9. The highest BCUT2D eigenvalue weighted by atomic mass is 79.9. The highest BCUT2D eigenvalue weighted by Gasteiger charge is 2.21. The number of rotatable bonds is 5. The lowest BCUT2D eigenvalue weighted by atomic mass is 9.98. The van der Waals surface area contributed by atoms with E-state index in [0.717, 1.165) is 11.1 Å². The number of amides is 1. The topological polar surface area (TPSA) is 64.0 Å². The van der Waals surface area contributed by atoms with Gasteiger partial charge in [-0.15, -0.1) is 0 Å². The molecule has 1 N–H and O–H groups in total. The standard InChI is InChI=1S/C24H19BrFN3O2/c1-15-6-5-9-19-22(15)27-14-29(24(19)31)13-21(30)28-23(16-7-3-2-4-8-16)18-11-10-17(25)12-20(18)26/h2-12,14,23H,13H2,1H3,(H,28,30). The van der Waals surface area contributed by atoms with Gasteiger partial charge in [0.05, 0.1) is 23.3 Å². The first-order valence-corrected chi connectivity index (χ1v) is 10.5. The van der Waals surface area contributed by atoms with Crippen LogP contribution < -0.4 is 10.9 Å². The van der Waals surface area contributed by atoms with Crippen molar-refractivity contribution in [3.05, 3.63) is 110 Å². The Hall–Kier alpha value is -3.32.